The van der Waals surface area contributed by atoms with Crippen LogP contribution in [0.25, 0.3) is 0 Å². The van der Waals surface area contributed by atoms with Crippen LogP contribution in [0.1, 0.15) is 11.1 Å². The number of anilines is 1. The van der Waals surface area contributed by atoms with Crippen LogP contribution in [0, 0.1) is 11.3 Å². The number of aliphatic hydroxyl groups excluding tert-OH is 1. The summed E-state index contributed by atoms with van der Waals surface area (Å²) in [7, 11) is 0. The van der Waals surface area contributed by atoms with E-state index in [9.17, 15) is 9.90 Å². The Labute approximate surface area is 139 Å². The van der Waals surface area contributed by atoms with Gasteiger partial charge < -0.3 is 15.7 Å². The summed E-state index contributed by atoms with van der Waals surface area (Å²) in [4.78, 5) is 12.0. The summed E-state index contributed by atoms with van der Waals surface area (Å²) in [5.74, 6) is 0. The topological polar surface area (TPSA) is 85.2 Å². The Hall–Kier alpha value is -2.55. The first kappa shape index (κ1) is 16.8. The van der Waals surface area contributed by atoms with E-state index < -0.39 is 12.1 Å². The third-order valence-corrected chi connectivity index (χ3v) is 3.54. The molecule has 0 aliphatic heterocycles. The molecule has 0 heterocycles. The van der Waals surface area contributed by atoms with Gasteiger partial charge in [-0.05, 0) is 30.2 Å². The molecule has 2 aromatic carbocycles. The van der Waals surface area contributed by atoms with Gasteiger partial charge in [0.15, 0.2) is 0 Å². The summed E-state index contributed by atoms with van der Waals surface area (Å²) >= 11 is 5.92. The van der Waals surface area contributed by atoms with Gasteiger partial charge in [0, 0.05) is 5.69 Å². The lowest BCUT2D eigenvalue weighted by atomic mass is 10.1. The number of benzene rings is 2. The summed E-state index contributed by atoms with van der Waals surface area (Å²) in [6.07, 6.45) is 0.527. The van der Waals surface area contributed by atoms with Gasteiger partial charge in [0.1, 0.15) is 6.07 Å². The molecular weight excluding hydrogens is 314 g/mol. The van der Waals surface area contributed by atoms with Crippen LogP contribution < -0.4 is 10.6 Å². The lowest BCUT2D eigenvalue weighted by Gasteiger charge is -2.17. The number of carbonyl (C=O) groups excluding carboxylic acids is 1. The van der Waals surface area contributed by atoms with Gasteiger partial charge in [-0.25, -0.2) is 4.79 Å². The Balaban J connectivity index is 1.95. The SMILES string of the molecule is N#Cc1ccc(NC(=O)NC(CO)Cc2ccccc2)cc1Cl. The van der Waals surface area contributed by atoms with Gasteiger partial charge >= 0.3 is 6.03 Å². The van der Waals surface area contributed by atoms with Gasteiger partial charge in [-0.2, -0.15) is 5.26 Å². The molecule has 118 valence electrons. The number of carbonyl (C=O) groups is 1. The summed E-state index contributed by atoms with van der Waals surface area (Å²) in [6.45, 7) is -0.170. The molecule has 0 bridgehead atoms. The number of hydrogen-bond acceptors (Lipinski definition) is 3. The zero-order valence-electron chi connectivity index (χ0n) is 12.3. The number of nitriles is 1. The number of halogens is 1. The Morgan fingerprint density at radius 3 is 2.61 bits per heavy atom. The lowest BCUT2D eigenvalue weighted by Crippen LogP contribution is -2.41. The number of rotatable bonds is 5. The molecular formula is C17H16ClN3O2. The number of nitrogens with zero attached hydrogens (tertiary/aromatic N) is 1. The van der Waals surface area contributed by atoms with Crippen molar-refractivity contribution in [3.63, 3.8) is 0 Å². The van der Waals surface area contributed by atoms with Crippen molar-refractivity contribution < 1.29 is 9.90 Å². The van der Waals surface area contributed by atoms with Gasteiger partial charge in [-0.1, -0.05) is 41.9 Å². The molecule has 0 fully saturated rings. The smallest absolute Gasteiger partial charge is 0.319 e. The highest BCUT2D eigenvalue weighted by atomic mass is 35.5. The molecule has 2 aromatic rings. The lowest BCUT2D eigenvalue weighted by molar-refractivity contribution is 0.224. The maximum atomic E-state index is 12.0. The van der Waals surface area contributed by atoms with Crippen LogP contribution in [0.15, 0.2) is 48.5 Å². The van der Waals surface area contributed by atoms with E-state index in [0.717, 1.165) is 5.56 Å². The molecule has 2 amide bonds. The molecule has 1 unspecified atom stereocenters. The van der Waals surface area contributed by atoms with Crippen molar-refractivity contribution in [1.82, 2.24) is 5.32 Å². The average Bonchev–Trinajstić information content (AvgIpc) is 2.55. The molecule has 23 heavy (non-hydrogen) atoms. The third-order valence-electron chi connectivity index (χ3n) is 3.23. The standard InChI is InChI=1S/C17H16ClN3O2/c18-16-9-14(7-6-13(16)10-19)20-17(23)21-15(11-22)8-12-4-2-1-3-5-12/h1-7,9,15,22H,8,11H2,(H2,20,21,23). The van der Waals surface area contributed by atoms with Crippen molar-refractivity contribution in [2.45, 2.75) is 12.5 Å². The molecule has 0 saturated carbocycles. The number of hydrogen-bond donors (Lipinski definition) is 3. The summed E-state index contributed by atoms with van der Waals surface area (Å²) in [6, 6.07) is 15.3. The van der Waals surface area contributed by atoms with E-state index in [1.165, 1.54) is 12.1 Å². The van der Waals surface area contributed by atoms with Gasteiger partial charge in [-0.15, -0.1) is 0 Å². The predicted octanol–water partition coefficient (Wildman–Crippen LogP) is 2.94. The number of aliphatic hydroxyl groups is 1. The minimum Gasteiger partial charge on any atom is -0.394 e. The molecule has 0 aliphatic carbocycles. The van der Waals surface area contributed by atoms with Crippen molar-refractivity contribution in [2.24, 2.45) is 0 Å². The van der Waals surface area contributed by atoms with Crippen molar-refractivity contribution >= 4 is 23.3 Å². The van der Waals surface area contributed by atoms with Crippen LogP contribution >= 0.6 is 11.6 Å². The zero-order valence-corrected chi connectivity index (χ0v) is 13.0. The third kappa shape index (κ3) is 4.99. The molecule has 2 rings (SSSR count). The highest BCUT2D eigenvalue weighted by Gasteiger charge is 2.12. The maximum Gasteiger partial charge on any atom is 0.319 e. The van der Waals surface area contributed by atoms with Crippen molar-refractivity contribution in [3.05, 3.63) is 64.7 Å². The van der Waals surface area contributed by atoms with Crippen LogP contribution in [0.5, 0.6) is 0 Å². The second-order valence-corrected chi connectivity index (χ2v) is 5.38. The second kappa shape index (κ2) is 8.18. The van der Waals surface area contributed by atoms with Crippen LogP contribution in [0.2, 0.25) is 5.02 Å². The van der Waals surface area contributed by atoms with Crippen LogP contribution in [-0.2, 0) is 6.42 Å². The largest absolute Gasteiger partial charge is 0.394 e. The van der Waals surface area contributed by atoms with E-state index >= 15 is 0 Å². The minimum atomic E-state index is -0.444. The minimum absolute atomic E-state index is 0.170. The summed E-state index contributed by atoms with van der Waals surface area (Å²) in [5.41, 5.74) is 1.84. The fraction of sp³-hybridized carbons (Fsp3) is 0.176. The van der Waals surface area contributed by atoms with Crippen molar-refractivity contribution in [3.8, 4) is 6.07 Å². The van der Waals surface area contributed by atoms with Crippen LogP contribution in [-0.4, -0.2) is 23.8 Å². The first-order valence-electron chi connectivity index (χ1n) is 7.04. The maximum absolute atomic E-state index is 12.0. The highest BCUT2D eigenvalue weighted by molar-refractivity contribution is 6.32. The van der Waals surface area contributed by atoms with Crippen molar-refractivity contribution in [1.29, 1.82) is 5.26 Å². The van der Waals surface area contributed by atoms with Crippen LogP contribution in [0.3, 0.4) is 0 Å². The fourth-order valence-electron chi connectivity index (χ4n) is 2.10. The Kier molecular flexibility index (Phi) is 5.98. The Morgan fingerprint density at radius 1 is 1.26 bits per heavy atom. The molecule has 0 aromatic heterocycles. The summed E-state index contributed by atoms with van der Waals surface area (Å²) in [5, 5.41) is 23.8. The van der Waals surface area contributed by atoms with Gasteiger partial charge in [-0.3, -0.25) is 0 Å². The van der Waals surface area contributed by atoms with E-state index in [1.54, 1.807) is 6.07 Å². The normalized spacial score (nSPS) is 11.3. The van der Waals surface area contributed by atoms with Gasteiger partial charge in [0.2, 0.25) is 0 Å². The molecule has 0 radical (unpaired) electrons. The zero-order chi connectivity index (χ0) is 16.7. The van der Waals surface area contributed by atoms with E-state index in [4.69, 9.17) is 16.9 Å². The van der Waals surface area contributed by atoms with E-state index in [2.05, 4.69) is 10.6 Å². The Morgan fingerprint density at radius 2 is 2.00 bits per heavy atom. The van der Waals surface area contributed by atoms with E-state index in [0.29, 0.717) is 17.7 Å². The number of urea groups is 1. The molecule has 5 nitrogen and oxygen atoms in total. The van der Waals surface area contributed by atoms with E-state index in [-0.39, 0.29) is 11.6 Å². The first-order chi connectivity index (χ1) is 11.1. The molecule has 6 heteroatoms. The number of nitrogens with one attached hydrogen (secondary N) is 2. The molecule has 3 N–H and O–H groups in total. The monoisotopic (exact) mass is 329 g/mol. The molecule has 0 aliphatic rings. The van der Waals surface area contributed by atoms with Gasteiger partial charge in [0.25, 0.3) is 0 Å². The molecule has 0 saturated heterocycles. The fourth-order valence-corrected chi connectivity index (χ4v) is 2.32. The second-order valence-electron chi connectivity index (χ2n) is 4.97. The number of amides is 2. The van der Waals surface area contributed by atoms with Crippen molar-refractivity contribution in [2.75, 3.05) is 11.9 Å². The van der Waals surface area contributed by atoms with E-state index in [1.807, 2.05) is 36.4 Å². The molecule has 0 spiro atoms. The first-order valence-corrected chi connectivity index (χ1v) is 7.42. The predicted molar refractivity (Wildman–Crippen MR) is 89.3 cm³/mol. The average molecular weight is 330 g/mol. The Bertz CT molecular complexity index is 714. The highest BCUT2D eigenvalue weighted by Crippen LogP contribution is 2.20. The quantitative estimate of drug-likeness (QED) is 0.788. The summed E-state index contributed by atoms with van der Waals surface area (Å²) < 4.78 is 0. The molecule has 1 atom stereocenters. The van der Waals surface area contributed by atoms with Crippen LogP contribution in [0.4, 0.5) is 10.5 Å². The van der Waals surface area contributed by atoms with Gasteiger partial charge in [0.05, 0.1) is 23.2 Å².